The quantitative estimate of drug-likeness (QED) is 0.802. The first-order chi connectivity index (χ1) is 7.12. The van der Waals surface area contributed by atoms with Gasteiger partial charge in [-0.05, 0) is 23.1 Å². The maximum Gasteiger partial charge on any atom is 0.297 e. The zero-order chi connectivity index (χ0) is 11.6. The van der Waals surface area contributed by atoms with Gasteiger partial charge in [0, 0.05) is 12.4 Å². The highest BCUT2D eigenvalue weighted by atomic mass is 32.2. The van der Waals surface area contributed by atoms with Gasteiger partial charge < -0.3 is 0 Å². The molecule has 0 aliphatic rings. The van der Waals surface area contributed by atoms with Gasteiger partial charge >= 0.3 is 0 Å². The molecule has 0 saturated heterocycles. The number of nitrogens with zero attached hydrogens (tertiary/aromatic N) is 1. The molecular formula is C9H14FNO3S. The average Bonchev–Trinajstić information content (AvgIpc) is 2.30. The molecule has 1 aromatic rings. The second kappa shape index (κ2) is 8.31. The third-order valence-electron chi connectivity index (χ3n) is 1.41. The monoisotopic (exact) mass is 235 g/mol. The molecule has 0 spiro atoms. The van der Waals surface area contributed by atoms with Gasteiger partial charge in [0.25, 0.3) is 10.1 Å². The SMILES string of the molecule is CCCCS(=O)(=O)OF.c1ccncc1. The maximum absolute atomic E-state index is 11.0. The number of rotatable bonds is 4. The van der Waals surface area contributed by atoms with Crippen LogP contribution in [0.2, 0.25) is 0 Å². The van der Waals surface area contributed by atoms with Crippen molar-refractivity contribution in [3.63, 3.8) is 0 Å². The van der Waals surface area contributed by atoms with Crippen molar-refractivity contribution in [1.82, 2.24) is 4.98 Å². The van der Waals surface area contributed by atoms with Crippen molar-refractivity contribution in [2.24, 2.45) is 0 Å². The van der Waals surface area contributed by atoms with Crippen molar-refractivity contribution in [1.29, 1.82) is 0 Å². The van der Waals surface area contributed by atoms with Gasteiger partial charge in [0.05, 0.1) is 5.75 Å². The molecule has 15 heavy (non-hydrogen) atoms. The molecule has 86 valence electrons. The number of hydrogen-bond acceptors (Lipinski definition) is 4. The topological polar surface area (TPSA) is 56.3 Å². The van der Waals surface area contributed by atoms with Crippen LogP contribution in [-0.4, -0.2) is 19.2 Å². The Bertz CT molecular complexity index is 302. The third-order valence-corrected chi connectivity index (χ3v) is 2.39. The molecule has 0 aliphatic heterocycles. The van der Waals surface area contributed by atoms with E-state index >= 15 is 0 Å². The molecule has 0 fully saturated rings. The molecule has 0 N–H and O–H groups in total. The average molecular weight is 235 g/mol. The van der Waals surface area contributed by atoms with E-state index in [1.54, 1.807) is 12.4 Å². The van der Waals surface area contributed by atoms with E-state index in [-0.39, 0.29) is 5.75 Å². The fourth-order valence-electron chi connectivity index (χ4n) is 0.665. The van der Waals surface area contributed by atoms with E-state index in [1.807, 2.05) is 25.1 Å². The van der Waals surface area contributed by atoms with Crippen molar-refractivity contribution in [2.45, 2.75) is 19.8 Å². The van der Waals surface area contributed by atoms with Crippen LogP contribution in [0.1, 0.15) is 19.8 Å². The van der Waals surface area contributed by atoms with E-state index in [9.17, 15) is 12.9 Å². The summed E-state index contributed by atoms with van der Waals surface area (Å²) in [5.41, 5.74) is 0. The molecule has 0 amide bonds. The molecule has 0 unspecified atom stereocenters. The van der Waals surface area contributed by atoms with Crippen molar-refractivity contribution in [3.05, 3.63) is 30.6 Å². The fraction of sp³-hybridized carbons (Fsp3) is 0.444. The molecular weight excluding hydrogens is 221 g/mol. The summed E-state index contributed by atoms with van der Waals surface area (Å²) in [5, 5.41) is 0. The van der Waals surface area contributed by atoms with Crippen molar-refractivity contribution in [3.8, 4) is 0 Å². The van der Waals surface area contributed by atoms with E-state index < -0.39 is 10.1 Å². The van der Waals surface area contributed by atoms with Crippen LogP contribution in [0.4, 0.5) is 4.53 Å². The molecule has 6 heteroatoms. The maximum atomic E-state index is 11.0. The molecule has 0 aromatic carbocycles. The number of aromatic nitrogens is 1. The highest BCUT2D eigenvalue weighted by Crippen LogP contribution is 1.98. The van der Waals surface area contributed by atoms with Gasteiger partial charge in [-0.25, -0.2) is 0 Å². The Kier molecular flexibility index (Phi) is 7.75. The van der Waals surface area contributed by atoms with Crippen molar-refractivity contribution in [2.75, 3.05) is 5.75 Å². The second-order valence-corrected chi connectivity index (χ2v) is 4.35. The Labute approximate surface area is 89.1 Å². The summed E-state index contributed by atoms with van der Waals surface area (Å²) in [6, 6.07) is 5.72. The van der Waals surface area contributed by atoms with Crippen molar-refractivity contribution >= 4 is 10.1 Å². The Morgan fingerprint density at radius 2 is 1.87 bits per heavy atom. The normalized spacial score (nSPS) is 10.3. The summed E-state index contributed by atoms with van der Waals surface area (Å²) in [5.74, 6) is -0.236. The zero-order valence-electron chi connectivity index (χ0n) is 8.47. The van der Waals surface area contributed by atoms with Gasteiger partial charge in [0.1, 0.15) is 0 Å². The summed E-state index contributed by atoms with van der Waals surface area (Å²) in [7, 11) is -3.85. The minimum atomic E-state index is -3.85. The first-order valence-corrected chi connectivity index (χ1v) is 6.08. The number of halogens is 1. The lowest BCUT2D eigenvalue weighted by molar-refractivity contribution is 0.00290. The summed E-state index contributed by atoms with van der Waals surface area (Å²) < 4.78 is 34.0. The van der Waals surface area contributed by atoms with Crippen molar-refractivity contribution < 1.29 is 17.3 Å². The van der Waals surface area contributed by atoms with Gasteiger partial charge in [-0.1, -0.05) is 23.8 Å². The lowest BCUT2D eigenvalue weighted by Gasteiger charge is -1.92. The van der Waals surface area contributed by atoms with Gasteiger partial charge in [0.2, 0.25) is 0 Å². The minimum Gasteiger partial charge on any atom is -0.265 e. The van der Waals surface area contributed by atoms with Gasteiger partial charge in [-0.15, -0.1) is 0 Å². The predicted octanol–water partition coefficient (Wildman–Crippen LogP) is 2.10. The van der Waals surface area contributed by atoms with E-state index in [4.69, 9.17) is 0 Å². The molecule has 0 saturated carbocycles. The Balaban J connectivity index is 0.000000280. The third kappa shape index (κ3) is 9.30. The van der Waals surface area contributed by atoms with Crippen LogP contribution in [-0.2, 0) is 14.5 Å². The minimum absolute atomic E-state index is 0.236. The van der Waals surface area contributed by atoms with Crippen LogP contribution in [0.15, 0.2) is 30.6 Å². The van der Waals surface area contributed by atoms with E-state index in [1.165, 1.54) is 0 Å². The lowest BCUT2D eigenvalue weighted by atomic mass is 10.4. The van der Waals surface area contributed by atoms with Gasteiger partial charge in [0.15, 0.2) is 0 Å². The highest BCUT2D eigenvalue weighted by molar-refractivity contribution is 7.86. The Morgan fingerprint density at radius 3 is 2.13 bits per heavy atom. The molecule has 0 atom stereocenters. The van der Waals surface area contributed by atoms with Gasteiger partial charge in [-0.3, -0.25) is 4.98 Å². The Morgan fingerprint density at radius 1 is 1.27 bits per heavy atom. The first-order valence-electron chi connectivity index (χ1n) is 4.50. The van der Waals surface area contributed by atoms with Crippen LogP contribution in [0.3, 0.4) is 0 Å². The summed E-state index contributed by atoms with van der Waals surface area (Å²) in [6.07, 6.45) is 4.65. The second-order valence-electron chi connectivity index (χ2n) is 2.70. The molecule has 1 heterocycles. The number of unbranched alkanes of at least 4 members (excludes halogenated alkanes) is 1. The molecule has 0 aliphatic carbocycles. The highest BCUT2D eigenvalue weighted by Gasteiger charge is 2.08. The largest absolute Gasteiger partial charge is 0.297 e. The number of pyridine rings is 1. The fourth-order valence-corrected chi connectivity index (χ4v) is 1.37. The van der Waals surface area contributed by atoms with Gasteiger partial charge in [-0.2, -0.15) is 8.42 Å². The van der Waals surface area contributed by atoms with Crippen LogP contribution in [0.25, 0.3) is 0 Å². The summed E-state index contributed by atoms with van der Waals surface area (Å²) >= 11 is 0. The van der Waals surface area contributed by atoms with Crippen LogP contribution >= 0.6 is 0 Å². The molecule has 1 rings (SSSR count). The lowest BCUT2D eigenvalue weighted by Crippen LogP contribution is -2.04. The van der Waals surface area contributed by atoms with E-state index in [0.717, 1.165) is 0 Å². The Hall–Kier alpha value is -1.01. The number of hydrogen-bond donors (Lipinski definition) is 0. The van der Waals surface area contributed by atoms with E-state index in [2.05, 4.69) is 9.37 Å². The summed E-state index contributed by atoms with van der Waals surface area (Å²) in [6.45, 7) is 1.81. The standard InChI is InChI=1S/C5H5N.C4H9FO3S/c1-2-4-6-5-3-1;1-2-3-4-9(6,7)8-5/h1-5H;2-4H2,1H3. The molecule has 0 bridgehead atoms. The van der Waals surface area contributed by atoms with Crippen LogP contribution in [0.5, 0.6) is 0 Å². The zero-order valence-corrected chi connectivity index (χ0v) is 9.28. The molecule has 4 nitrogen and oxygen atoms in total. The smallest absolute Gasteiger partial charge is 0.265 e. The molecule has 1 aromatic heterocycles. The van der Waals surface area contributed by atoms with Crippen LogP contribution < -0.4 is 0 Å². The molecule has 0 radical (unpaired) electrons. The van der Waals surface area contributed by atoms with E-state index in [0.29, 0.717) is 12.8 Å². The first kappa shape index (κ1) is 14.0. The van der Waals surface area contributed by atoms with Crippen LogP contribution in [0, 0.1) is 0 Å². The summed E-state index contributed by atoms with van der Waals surface area (Å²) in [4.78, 5) is 3.78. The predicted molar refractivity (Wildman–Crippen MR) is 55.1 cm³/mol.